The highest BCUT2D eigenvalue weighted by atomic mass is 79.9. The normalized spacial score (nSPS) is 37.3. The first-order chi connectivity index (χ1) is 8.42. The topological polar surface area (TPSA) is 12.0 Å². The summed E-state index contributed by atoms with van der Waals surface area (Å²) in [5.74, 6) is 0.926. The standard InChI is InChI=1S/C15H22BrNS/c1-14(2)10-4-5-15(3,7-10)13(14)17-8-12-6-11(16)9-18-12/h6,9-10,13,17H,4-5,7-8H2,1-3H3/t10-,13?,15+/m0/s1. The third-order valence-corrected chi connectivity index (χ3v) is 7.07. The van der Waals surface area contributed by atoms with Crippen LogP contribution >= 0.6 is 27.3 Å². The van der Waals surface area contributed by atoms with Crippen LogP contribution in [0, 0.1) is 16.7 Å². The van der Waals surface area contributed by atoms with Gasteiger partial charge in [-0.05, 0) is 58.0 Å². The lowest BCUT2D eigenvalue weighted by atomic mass is 9.68. The maximum atomic E-state index is 3.86. The predicted octanol–water partition coefficient (Wildman–Crippen LogP) is 4.82. The van der Waals surface area contributed by atoms with Gasteiger partial charge in [0.2, 0.25) is 0 Å². The Kier molecular flexibility index (Phi) is 3.15. The Morgan fingerprint density at radius 2 is 2.22 bits per heavy atom. The summed E-state index contributed by atoms with van der Waals surface area (Å²) < 4.78 is 1.21. The molecule has 2 saturated carbocycles. The van der Waals surface area contributed by atoms with E-state index in [4.69, 9.17) is 0 Å². The molecule has 0 saturated heterocycles. The summed E-state index contributed by atoms with van der Waals surface area (Å²) >= 11 is 5.38. The number of halogens is 1. The molecule has 1 nitrogen and oxygen atoms in total. The van der Waals surface area contributed by atoms with Crippen LogP contribution in [-0.2, 0) is 6.54 Å². The van der Waals surface area contributed by atoms with Crippen LogP contribution in [0.2, 0.25) is 0 Å². The maximum absolute atomic E-state index is 3.86. The van der Waals surface area contributed by atoms with Crippen LogP contribution in [0.1, 0.15) is 44.9 Å². The van der Waals surface area contributed by atoms with Crippen molar-refractivity contribution in [1.82, 2.24) is 5.32 Å². The van der Waals surface area contributed by atoms with Gasteiger partial charge in [-0.3, -0.25) is 0 Å². The second-order valence-electron chi connectivity index (χ2n) is 6.96. The van der Waals surface area contributed by atoms with E-state index in [0.29, 0.717) is 16.9 Å². The molecule has 3 rings (SSSR count). The fourth-order valence-corrected chi connectivity index (χ4v) is 5.86. The molecule has 0 radical (unpaired) electrons. The van der Waals surface area contributed by atoms with Gasteiger partial charge in [-0.25, -0.2) is 0 Å². The summed E-state index contributed by atoms with van der Waals surface area (Å²) in [5, 5.41) is 6.03. The number of fused-ring (bicyclic) bond motifs is 2. The molecule has 1 heterocycles. The molecule has 18 heavy (non-hydrogen) atoms. The second kappa shape index (κ2) is 4.32. The van der Waals surface area contributed by atoms with Crippen LogP contribution in [-0.4, -0.2) is 6.04 Å². The van der Waals surface area contributed by atoms with Gasteiger partial charge in [0.1, 0.15) is 0 Å². The predicted molar refractivity (Wildman–Crippen MR) is 81.9 cm³/mol. The first-order valence-electron chi connectivity index (χ1n) is 6.88. The van der Waals surface area contributed by atoms with Gasteiger partial charge in [-0.2, -0.15) is 0 Å². The molecular weight excluding hydrogens is 306 g/mol. The number of hydrogen-bond acceptors (Lipinski definition) is 2. The van der Waals surface area contributed by atoms with E-state index >= 15 is 0 Å². The summed E-state index contributed by atoms with van der Waals surface area (Å²) in [4.78, 5) is 1.43. The number of thiophene rings is 1. The van der Waals surface area contributed by atoms with Gasteiger partial charge in [0.25, 0.3) is 0 Å². The first-order valence-corrected chi connectivity index (χ1v) is 8.55. The molecule has 2 fully saturated rings. The quantitative estimate of drug-likeness (QED) is 0.839. The van der Waals surface area contributed by atoms with Crippen molar-refractivity contribution in [3.8, 4) is 0 Å². The van der Waals surface area contributed by atoms with E-state index < -0.39 is 0 Å². The molecule has 0 aliphatic heterocycles. The molecule has 100 valence electrons. The molecule has 1 unspecified atom stereocenters. The lowest BCUT2D eigenvalue weighted by molar-refractivity contribution is 0.108. The minimum Gasteiger partial charge on any atom is -0.308 e. The second-order valence-corrected chi connectivity index (χ2v) is 8.87. The third kappa shape index (κ3) is 1.99. The number of nitrogens with one attached hydrogen (secondary N) is 1. The summed E-state index contributed by atoms with van der Waals surface area (Å²) in [6.07, 6.45) is 4.27. The Balaban J connectivity index is 1.72. The van der Waals surface area contributed by atoms with Crippen molar-refractivity contribution in [2.24, 2.45) is 16.7 Å². The van der Waals surface area contributed by atoms with Gasteiger partial charge in [0.05, 0.1) is 0 Å². The molecule has 0 amide bonds. The monoisotopic (exact) mass is 327 g/mol. The van der Waals surface area contributed by atoms with Crippen molar-refractivity contribution in [2.45, 2.75) is 52.6 Å². The smallest absolute Gasteiger partial charge is 0.0303 e. The van der Waals surface area contributed by atoms with Crippen molar-refractivity contribution < 1.29 is 0 Å². The molecule has 1 aromatic heterocycles. The van der Waals surface area contributed by atoms with E-state index in [1.807, 2.05) is 11.3 Å². The third-order valence-electron chi connectivity index (χ3n) is 5.37. The lowest BCUT2D eigenvalue weighted by Gasteiger charge is -2.43. The molecule has 2 aliphatic rings. The fourth-order valence-electron chi connectivity index (χ4n) is 4.46. The maximum Gasteiger partial charge on any atom is 0.0303 e. The van der Waals surface area contributed by atoms with E-state index in [0.717, 1.165) is 12.5 Å². The number of rotatable bonds is 3. The van der Waals surface area contributed by atoms with Crippen LogP contribution < -0.4 is 5.32 Å². The van der Waals surface area contributed by atoms with Crippen molar-refractivity contribution in [2.75, 3.05) is 0 Å². The highest BCUT2D eigenvalue weighted by Crippen LogP contribution is 2.62. The zero-order valence-corrected chi connectivity index (χ0v) is 13.8. The average molecular weight is 328 g/mol. The molecule has 0 aromatic carbocycles. The van der Waals surface area contributed by atoms with E-state index in [2.05, 4.69) is 53.5 Å². The van der Waals surface area contributed by atoms with Gasteiger partial charge in [0.15, 0.2) is 0 Å². The first kappa shape index (κ1) is 13.1. The highest BCUT2D eigenvalue weighted by molar-refractivity contribution is 9.10. The molecule has 0 spiro atoms. The summed E-state index contributed by atoms with van der Waals surface area (Å²) in [6, 6.07) is 2.91. The molecule has 2 aliphatic carbocycles. The molecule has 3 heteroatoms. The minimum atomic E-state index is 0.460. The van der Waals surface area contributed by atoms with Crippen molar-refractivity contribution in [1.29, 1.82) is 0 Å². The van der Waals surface area contributed by atoms with E-state index in [1.54, 1.807) is 0 Å². The Morgan fingerprint density at radius 3 is 2.78 bits per heavy atom. The largest absolute Gasteiger partial charge is 0.308 e. The Hall–Kier alpha value is 0.140. The van der Waals surface area contributed by atoms with Crippen molar-refractivity contribution >= 4 is 27.3 Å². The SMILES string of the molecule is CC1(C)C(NCc2cc(Br)cs2)[C@]2(C)CC[C@H]1C2. The van der Waals surface area contributed by atoms with E-state index in [1.165, 1.54) is 28.6 Å². The highest BCUT2D eigenvalue weighted by Gasteiger charge is 2.58. The Bertz CT molecular complexity index is 448. The lowest BCUT2D eigenvalue weighted by Crippen LogP contribution is -2.49. The van der Waals surface area contributed by atoms with E-state index in [9.17, 15) is 0 Å². The van der Waals surface area contributed by atoms with Crippen molar-refractivity contribution in [3.63, 3.8) is 0 Å². The molecule has 3 atom stereocenters. The minimum absolute atomic E-state index is 0.460. The van der Waals surface area contributed by atoms with Gasteiger partial charge >= 0.3 is 0 Å². The zero-order chi connectivity index (χ0) is 13.0. The van der Waals surface area contributed by atoms with Gasteiger partial charge in [-0.1, -0.05) is 20.8 Å². The Labute approximate surface area is 122 Å². The van der Waals surface area contributed by atoms with Crippen molar-refractivity contribution in [3.05, 3.63) is 20.8 Å². The zero-order valence-electron chi connectivity index (χ0n) is 11.4. The van der Waals surface area contributed by atoms with Gasteiger partial charge in [-0.15, -0.1) is 11.3 Å². The van der Waals surface area contributed by atoms with Gasteiger partial charge < -0.3 is 5.32 Å². The van der Waals surface area contributed by atoms with Crippen LogP contribution in [0.25, 0.3) is 0 Å². The summed E-state index contributed by atoms with van der Waals surface area (Å²) in [6.45, 7) is 8.44. The Morgan fingerprint density at radius 1 is 1.44 bits per heavy atom. The summed E-state index contributed by atoms with van der Waals surface area (Å²) in [7, 11) is 0. The summed E-state index contributed by atoms with van der Waals surface area (Å²) in [5.41, 5.74) is 0.990. The van der Waals surface area contributed by atoms with Crippen LogP contribution in [0.4, 0.5) is 0 Å². The number of hydrogen-bond donors (Lipinski definition) is 1. The molecule has 2 bridgehead atoms. The molecule has 1 aromatic rings. The fraction of sp³-hybridized carbons (Fsp3) is 0.733. The average Bonchev–Trinajstić information content (AvgIpc) is 2.89. The van der Waals surface area contributed by atoms with E-state index in [-0.39, 0.29) is 0 Å². The van der Waals surface area contributed by atoms with Crippen LogP contribution in [0.3, 0.4) is 0 Å². The van der Waals surface area contributed by atoms with Crippen LogP contribution in [0.5, 0.6) is 0 Å². The molecular formula is C15H22BrNS. The van der Waals surface area contributed by atoms with Gasteiger partial charge in [0, 0.05) is 27.3 Å². The molecule has 1 N–H and O–H groups in total. The van der Waals surface area contributed by atoms with Crippen LogP contribution in [0.15, 0.2) is 15.9 Å².